The van der Waals surface area contributed by atoms with Gasteiger partial charge in [0, 0.05) is 11.1 Å². The van der Waals surface area contributed by atoms with Crippen LogP contribution in [0.4, 0.5) is 5.69 Å². The van der Waals surface area contributed by atoms with E-state index in [0.29, 0.717) is 5.56 Å². The summed E-state index contributed by atoms with van der Waals surface area (Å²) in [7, 11) is 0. The molecule has 0 heterocycles. The van der Waals surface area contributed by atoms with E-state index in [2.05, 4.69) is 10.7 Å². The summed E-state index contributed by atoms with van der Waals surface area (Å²) in [6, 6.07) is 5.41. The maximum absolute atomic E-state index is 12.0. The molecule has 0 aliphatic rings. The highest BCUT2D eigenvalue weighted by molar-refractivity contribution is 5.95. The zero-order valence-corrected chi connectivity index (χ0v) is 10.9. The number of rotatable bonds is 4. The summed E-state index contributed by atoms with van der Waals surface area (Å²) < 4.78 is 0. The first-order chi connectivity index (χ1) is 7.89. The monoisotopic (exact) mass is 235 g/mol. The van der Waals surface area contributed by atoms with Gasteiger partial charge in [-0.05, 0) is 51.0 Å². The quantitative estimate of drug-likeness (QED) is 0.553. The predicted octanol–water partition coefficient (Wildman–Crippen LogP) is 2.20. The van der Waals surface area contributed by atoms with Crippen molar-refractivity contribution >= 4 is 11.6 Å². The SMILES string of the molecule is CCC(C)(C)NC(=O)c1ccc(NN)c(C)c1. The van der Waals surface area contributed by atoms with E-state index in [-0.39, 0.29) is 11.4 Å². The number of amides is 1. The van der Waals surface area contributed by atoms with Crippen molar-refractivity contribution in [3.63, 3.8) is 0 Å². The van der Waals surface area contributed by atoms with E-state index in [1.807, 2.05) is 39.8 Å². The highest BCUT2D eigenvalue weighted by atomic mass is 16.1. The Balaban J connectivity index is 2.87. The molecule has 1 aromatic carbocycles. The number of aryl methyl sites for hydroxylation is 1. The molecule has 17 heavy (non-hydrogen) atoms. The molecule has 0 spiro atoms. The van der Waals surface area contributed by atoms with Crippen molar-refractivity contribution in [3.05, 3.63) is 29.3 Å². The number of benzene rings is 1. The Morgan fingerprint density at radius 2 is 2.06 bits per heavy atom. The van der Waals surface area contributed by atoms with Gasteiger partial charge >= 0.3 is 0 Å². The molecule has 0 aliphatic heterocycles. The number of carbonyl (C=O) groups excluding carboxylic acids is 1. The molecule has 0 saturated heterocycles. The van der Waals surface area contributed by atoms with Crippen molar-refractivity contribution in [1.29, 1.82) is 0 Å². The third kappa shape index (κ3) is 3.46. The van der Waals surface area contributed by atoms with E-state index < -0.39 is 0 Å². The smallest absolute Gasteiger partial charge is 0.251 e. The van der Waals surface area contributed by atoms with E-state index in [4.69, 9.17) is 5.84 Å². The van der Waals surface area contributed by atoms with Crippen molar-refractivity contribution in [2.45, 2.75) is 39.7 Å². The van der Waals surface area contributed by atoms with Gasteiger partial charge in [-0.15, -0.1) is 0 Å². The number of hydrazine groups is 1. The standard InChI is InChI=1S/C13H21N3O/c1-5-13(3,4)15-12(17)10-6-7-11(16-14)9(2)8-10/h6-8,16H,5,14H2,1-4H3,(H,15,17). The fourth-order valence-electron chi connectivity index (χ4n) is 1.43. The fourth-order valence-corrected chi connectivity index (χ4v) is 1.43. The second-order valence-electron chi connectivity index (χ2n) is 4.87. The molecular formula is C13H21N3O. The zero-order valence-electron chi connectivity index (χ0n) is 10.9. The normalized spacial score (nSPS) is 11.1. The van der Waals surface area contributed by atoms with Crippen molar-refractivity contribution < 1.29 is 4.79 Å². The van der Waals surface area contributed by atoms with Gasteiger partial charge < -0.3 is 10.7 Å². The molecule has 0 saturated carbocycles. The number of carbonyl (C=O) groups is 1. The van der Waals surface area contributed by atoms with Crippen molar-refractivity contribution in [2.24, 2.45) is 5.84 Å². The van der Waals surface area contributed by atoms with Crippen LogP contribution in [-0.4, -0.2) is 11.4 Å². The molecule has 4 nitrogen and oxygen atoms in total. The second kappa shape index (κ2) is 5.19. The minimum Gasteiger partial charge on any atom is -0.347 e. The summed E-state index contributed by atoms with van der Waals surface area (Å²) in [5, 5.41) is 3.00. The highest BCUT2D eigenvalue weighted by Crippen LogP contribution is 2.16. The molecule has 4 N–H and O–H groups in total. The van der Waals surface area contributed by atoms with Crippen LogP contribution in [0.1, 0.15) is 43.1 Å². The van der Waals surface area contributed by atoms with Gasteiger partial charge in [-0.3, -0.25) is 10.6 Å². The first-order valence-electron chi connectivity index (χ1n) is 5.79. The van der Waals surface area contributed by atoms with Crippen molar-refractivity contribution in [1.82, 2.24) is 5.32 Å². The van der Waals surface area contributed by atoms with Gasteiger partial charge in [0.2, 0.25) is 0 Å². The summed E-state index contributed by atoms with van der Waals surface area (Å²) in [4.78, 5) is 12.0. The number of anilines is 1. The van der Waals surface area contributed by atoms with Gasteiger partial charge in [0.15, 0.2) is 0 Å². The topological polar surface area (TPSA) is 67.2 Å². The highest BCUT2D eigenvalue weighted by Gasteiger charge is 2.18. The van der Waals surface area contributed by atoms with Crippen LogP contribution in [-0.2, 0) is 0 Å². The molecule has 1 aromatic rings. The lowest BCUT2D eigenvalue weighted by molar-refractivity contribution is 0.0911. The molecule has 0 aliphatic carbocycles. The van der Waals surface area contributed by atoms with Crippen LogP contribution in [0, 0.1) is 6.92 Å². The molecule has 1 amide bonds. The largest absolute Gasteiger partial charge is 0.347 e. The van der Waals surface area contributed by atoms with E-state index in [1.54, 1.807) is 6.07 Å². The Kier molecular flexibility index (Phi) is 4.12. The van der Waals surface area contributed by atoms with Gasteiger partial charge in [-0.1, -0.05) is 6.92 Å². The summed E-state index contributed by atoms with van der Waals surface area (Å²) >= 11 is 0. The molecule has 0 bridgehead atoms. The molecule has 0 aromatic heterocycles. The van der Waals surface area contributed by atoms with E-state index in [0.717, 1.165) is 17.7 Å². The maximum Gasteiger partial charge on any atom is 0.251 e. The lowest BCUT2D eigenvalue weighted by atomic mass is 10.0. The molecule has 1 rings (SSSR count). The molecule has 94 valence electrons. The van der Waals surface area contributed by atoms with E-state index >= 15 is 0 Å². The lowest BCUT2D eigenvalue weighted by Gasteiger charge is -2.24. The Bertz CT molecular complexity index is 413. The maximum atomic E-state index is 12.0. The Morgan fingerprint density at radius 1 is 1.41 bits per heavy atom. The van der Waals surface area contributed by atoms with Crippen LogP contribution in [0.3, 0.4) is 0 Å². The molecular weight excluding hydrogens is 214 g/mol. The van der Waals surface area contributed by atoms with Crippen LogP contribution in [0.5, 0.6) is 0 Å². The molecule has 0 atom stereocenters. The first kappa shape index (κ1) is 13.5. The van der Waals surface area contributed by atoms with Crippen LogP contribution >= 0.6 is 0 Å². The van der Waals surface area contributed by atoms with Gasteiger partial charge in [-0.2, -0.15) is 0 Å². The zero-order chi connectivity index (χ0) is 13.1. The van der Waals surface area contributed by atoms with Gasteiger partial charge in [-0.25, -0.2) is 0 Å². The number of hydrogen-bond donors (Lipinski definition) is 3. The van der Waals surface area contributed by atoms with Gasteiger partial charge in [0.25, 0.3) is 5.91 Å². The molecule has 0 radical (unpaired) electrons. The van der Waals surface area contributed by atoms with Gasteiger partial charge in [0.1, 0.15) is 0 Å². The number of nitrogens with one attached hydrogen (secondary N) is 2. The molecule has 4 heteroatoms. The number of nitrogen functional groups attached to an aromatic ring is 1. The average molecular weight is 235 g/mol. The third-order valence-electron chi connectivity index (χ3n) is 2.98. The minimum atomic E-state index is -0.185. The number of nitrogens with two attached hydrogens (primary N) is 1. The van der Waals surface area contributed by atoms with Gasteiger partial charge in [0.05, 0.1) is 5.69 Å². The number of hydrogen-bond acceptors (Lipinski definition) is 3. The summed E-state index contributed by atoms with van der Waals surface area (Å²) in [5.41, 5.74) is 4.84. The minimum absolute atomic E-state index is 0.0523. The lowest BCUT2D eigenvalue weighted by Crippen LogP contribution is -2.42. The van der Waals surface area contributed by atoms with Crippen molar-refractivity contribution in [3.8, 4) is 0 Å². The Labute approximate surface area is 103 Å². The molecule has 0 fully saturated rings. The average Bonchev–Trinajstić information content (AvgIpc) is 2.28. The van der Waals surface area contributed by atoms with Crippen LogP contribution < -0.4 is 16.6 Å². The van der Waals surface area contributed by atoms with Crippen LogP contribution in [0.25, 0.3) is 0 Å². The first-order valence-corrected chi connectivity index (χ1v) is 5.79. The molecule has 0 unspecified atom stereocenters. The van der Waals surface area contributed by atoms with E-state index in [9.17, 15) is 4.79 Å². The Morgan fingerprint density at radius 3 is 2.53 bits per heavy atom. The van der Waals surface area contributed by atoms with Crippen LogP contribution in [0.15, 0.2) is 18.2 Å². The van der Waals surface area contributed by atoms with Crippen molar-refractivity contribution in [2.75, 3.05) is 5.43 Å². The summed E-state index contributed by atoms with van der Waals surface area (Å²) in [6.07, 6.45) is 0.889. The Hall–Kier alpha value is -1.55. The van der Waals surface area contributed by atoms with E-state index in [1.165, 1.54) is 0 Å². The summed E-state index contributed by atoms with van der Waals surface area (Å²) in [5.74, 6) is 5.30. The second-order valence-corrected chi connectivity index (χ2v) is 4.87. The fraction of sp³-hybridized carbons (Fsp3) is 0.462. The predicted molar refractivity (Wildman–Crippen MR) is 70.8 cm³/mol. The third-order valence-corrected chi connectivity index (χ3v) is 2.98. The summed E-state index contributed by atoms with van der Waals surface area (Å²) in [6.45, 7) is 7.98. The van der Waals surface area contributed by atoms with Crippen LogP contribution in [0.2, 0.25) is 0 Å².